The predicted octanol–water partition coefficient (Wildman–Crippen LogP) is 3.43. The highest BCUT2D eigenvalue weighted by molar-refractivity contribution is 6.04. The molecule has 2 aliphatic rings. The third kappa shape index (κ3) is 3.75. The quantitative estimate of drug-likeness (QED) is 0.725. The number of hydrogen-bond acceptors (Lipinski definition) is 7. The van der Waals surface area contributed by atoms with E-state index in [2.05, 4.69) is 15.2 Å². The van der Waals surface area contributed by atoms with Gasteiger partial charge in [0.25, 0.3) is 0 Å². The van der Waals surface area contributed by atoms with E-state index in [0.29, 0.717) is 29.5 Å². The molecule has 1 amide bonds. The summed E-state index contributed by atoms with van der Waals surface area (Å²) >= 11 is 0. The van der Waals surface area contributed by atoms with Crippen molar-refractivity contribution in [1.82, 2.24) is 9.97 Å². The van der Waals surface area contributed by atoms with Crippen LogP contribution in [0.4, 0.5) is 23.1 Å². The number of carboxylic acid groups (broad SMARTS) is 1. The first-order valence-corrected chi connectivity index (χ1v) is 10.6. The van der Waals surface area contributed by atoms with Gasteiger partial charge in [-0.1, -0.05) is 19.8 Å². The van der Waals surface area contributed by atoms with Crippen LogP contribution in [-0.4, -0.2) is 53.2 Å². The summed E-state index contributed by atoms with van der Waals surface area (Å²) in [5, 5.41) is 12.3. The highest BCUT2D eigenvalue weighted by Gasteiger charge is 2.41. The molecule has 1 aliphatic heterocycles. The normalized spacial score (nSPS) is 18.8. The van der Waals surface area contributed by atoms with Gasteiger partial charge in [-0.2, -0.15) is 4.98 Å². The van der Waals surface area contributed by atoms with Crippen molar-refractivity contribution in [2.75, 3.05) is 29.3 Å². The van der Waals surface area contributed by atoms with Crippen molar-refractivity contribution in [2.24, 2.45) is 0 Å². The Morgan fingerprint density at radius 3 is 2.71 bits per heavy atom. The zero-order valence-electron chi connectivity index (χ0n) is 18.0. The number of hydrogen-bond donors (Lipinski definition) is 2. The van der Waals surface area contributed by atoms with E-state index in [9.17, 15) is 14.7 Å². The molecule has 2 heterocycles. The van der Waals surface area contributed by atoms with Gasteiger partial charge in [-0.15, -0.1) is 0 Å². The Labute approximate surface area is 181 Å². The molecular weight excluding hydrogens is 398 g/mol. The maximum atomic E-state index is 13.0. The Balaban J connectivity index is 1.72. The first-order chi connectivity index (χ1) is 14.9. The second-order valence-electron chi connectivity index (χ2n) is 7.91. The van der Waals surface area contributed by atoms with Gasteiger partial charge < -0.3 is 25.0 Å². The number of anilines is 4. The number of fused-ring (bicyclic) bond motifs is 1. The fraction of sp³-hybridized carbons (Fsp3) is 0.455. The first-order valence-electron chi connectivity index (χ1n) is 10.6. The van der Waals surface area contributed by atoms with Crippen LogP contribution >= 0.6 is 0 Å². The van der Waals surface area contributed by atoms with Crippen LogP contribution in [0.1, 0.15) is 49.4 Å². The number of benzene rings is 1. The minimum atomic E-state index is -1.03. The lowest BCUT2D eigenvalue weighted by Crippen LogP contribution is -2.55. The summed E-state index contributed by atoms with van der Waals surface area (Å²) < 4.78 is 5.34. The lowest BCUT2D eigenvalue weighted by molar-refractivity contribution is -0.120. The van der Waals surface area contributed by atoms with Crippen molar-refractivity contribution < 1.29 is 19.4 Å². The van der Waals surface area contributed by atoms with Gasteiger partial charge >= 0.3 is 5.97 Å². The topological polar surface area (TPSA) is 108 Å². The number of carbonyl (C=O) groups excluding carboxylic acids is 1. The molecule has 1 saturated carbocycles. The highest BCUT2D eigenvalue weighted by Crippen LogP contribution is 2.40. The second-order valence-corrected chi connectivity index (χ2v) is 7.91. The van der Waals surface area contributed by atoms with E-state index in [1.807, 2.05) is 6.92 Å². The number of nitrogens with one attached hydrogen (secondary N) is 1. The Morgan fingerprint density at radius 2 is 2.06 bits per heavy atom. The smallest absolute Gasteiger partial charge is 0.335 e. The summed E-state index contributed by atoms with van der Waals surface area (Å²) in [4.78, 5) is 37.2. The number of methoxy groups -OCH3 is 1. The van der Waals surface area contributed by atoms with Crippen molar-refractivity contribution >= 4 is 35.0 Å². The van der Waals surface area contributed by atoms with Gasteiger partial charge in [0.15, 0.2) is 5.82 Å². The fourth-order valence-corrected chi connectivity index (χ4v) is 4.49. The summed E-state index contributed by atoms with van der Waals surface area (Å²) in [6, 6.07) is 4.62. The first kappa shape index (κ1) is 20.9. The van der Waals surface area contributed by atoms with Crippen LogP contribution in [0.5, 0.6) is 5.75 Å². The average molecular weight is 425 g/mol. The number of likely N-dealkylation sites (N-methyl/N-ethyl adjacent to an activating group) is 1. The Kier molecular flexibility index (Phi) is 5.67. The van der Waals surface area contributed by atoms with E-state index < -0.39 is 5.97 Å². The van der Waals surface area contributed by atoms with E-state index in [1.54, 1.807) is 24.2 Å². The van der Waals surface area contributed by atoms with Crippen molar-refractivity contribution in [3.05, 3.63) is 30.0 Å². The molecule has 1 aromatic heterocycles. The molecule has 2 N–H and O–H groups in total. The molecule has 1 aromatic carbocycles. The summed E-state index contributed by atoms with van der Waals surface area (Å²) in [5.41, 5.74) is 1.39. The maximum Gasteiger partial charge on any atom is 0.335 e. The molecule has 1 atom stereocenters. The Bertz CT molecular complexity index is 1010. The molecule has 31 heavy (non-hydrogen) atoms. The number of amides is 1. The van der Waals surface area contributed by atoms with Crippen LogP contribution in [0.25, 0.3) is 0 Å². The Morgan fingerprint density at radius 1 is 1.32 bits per heavy atom. The van der Waals surface area contributed by atoms with E-state index in [-0.39, 0.29) is 23.6 Å². The molecule has 1 fully saturated rings. The summed E-state index contributed by atoms with van der Waals surface area (Å²) in [6.45, 7) is 2.03. The molecule has 164 valence electrons. The molecule has 0 saturated heterocycles. The third-order valence-electron chi connectivity index (χ3n) is 6.11. The SMILES string of the molecule is CC[C@@H]1C(=O)N(C)c2cnc(Nc3ccc(C(=O)O)cc3OC)nc2N1C1CCCC1. The lowest BCUT2D eigenvalue weighted by atomic mass is 10.0. The molecule has 1 aliphatic carbocycles. The molecule has 0 radical (unpaired) electrons. The Hall–Kier alpha value is -3.36. The van der Waals surface area contributed by atoms with E-state index >= 15 is 0 Å². The summed E-state index contributed by atoms with van der Waals surface area (Å²) in [5.74, 6) is 0.533. The standard InChI is InChI=1S/C22H27N5O4/c1-4-16-20(28)26(2)17-12-23-22(25-19(17)27(16)14-7-5-6-8-14)24-15-10-9-13(21(29)30)11-18(15)31-3/h9-12,14,16H,4-8H2,1-3H3,(H,29,30)(H,23,24,25)/t16-/m1/s1. The zero-order chi connectivity index (χ0) is 22.1. The van der Waals surface area contributed by atoms with Gasteiger partial charge in [0, 0.05) is 13.1 Å². The van der Waals surface area contributed by atoms with Crippen LogP contribution in [0, 0.1) is 0 Å². The predicted molar refractivity (Wildman–Crippen MR) is 117 cm³/mol. The van der Waals surface area contributed by atoms with Crippen molar-refractivity contribution in [1.29, 1.82) is 0 Å². The van der Waals surface area contributed by atoms with E-state index in [1.165, 1.54) is 19.2 Å². The summed E-state index contributed by atoms with van der Waals surface area (Å²) in [7, 11) is 3.24. The minimum absolute atomic E-state index is 0.0668. The van der Waals surface area contributed by atoms with Crippen LogP contribution in [-0.2, 0) is 4.79 Å². The number of aromatic nitrogens is 2. The number of aromatic carboxylic acids is 1. The lowest BCUT2D eigenvalue weighted by Gasteiger charge is -2.43. The number of carboxylic acids is 1. The van der Waals surface area contributed by atoms with Crippen molar-refractivity contribution in [3.8, 4) is 5.75 Å². The number of ether oxygens (including phenoxy) is 1. The van der Waals surface area contributed by atoms with Gasteiger partial charge in [0.2, 0.25) is 11.9 Å². The zero-order valence-corrected chi connectivity index (χ0v) is 18.0. The van der Waals surface area contributed by atoms with E-state index in [0.717, 1.165) is 31.5 Å². The van der Waals surface area contributed by atoms with Gasteiger partial charge in [0.1, 0.15) is 17.5 Å². The molecule has 2 aromatic rings. The van der Waals surface area contributed by atoms with Gasteiger partial charge in [-0.25, -0.2) is 9.78 Å². The molecule has 9 heteroatoms. The van der Waals surface area contributed by atoms with Crippen molar-refractivity contribution in [3.63, 3.8) is 0 Å². The largest absolute Gasteiger partial charge is 0.495 e. The van der Waals surface area contributed by atoms with Gasteiger partial charge in [-0.05, 0) is 37.5 Å². The summed E-state index contributed by atoms with van der Waals surface area (Å²) in [6.07, 6.45) is 6.76. The monoisotopic (exact) mass is 425 g/mol. The number of carbonyl (C=O) groups is 2. The van der Waals surface area contributed by atoms with Crippen LogP contribution < -0.4 is 19.9 Å². The fourth-order valence-electron chi connectivity index (χ4n) is 4.49. The molecule has 9 nitrogen and oxygen atoms in total. The van der Waals surface area contributed by atoms with Gasteiger partial charge in [0.05, 0.1) is 24.6 Å². The second kappa shape index (κ2) is 8.41. The minimum Gasteiger partial charge on any atom is -0.495 e. The molecule has 0 bridgehead atoms. The molecule has 0 spiro atoms. The number of rotatable bonds is 6. The van der Waals surface area contributed by atoms with Crippen LogP contribution in [0.3, 0.4) is 0 Å². The van der Waals surface area contributed by atoms with E-state index in [4.69, 9.17) is 9.72 Å². The molecular formula is C22H27N5O4. The van der Waals surface area contributed by atoms with Crippen molar-refractivity contribution in [2.45, 2.75) is 51.1 Å². The molecule has 4 rings (SSSR count). The van der Waals surface area contributed by atoms with Crippen LogP contribution in [0.15, 0.2) is 24.4 Å². The average Bonchev–Trinajstić information content (AvgIpc) is 3.30. The third-order valence-corrected chi connectivity index (χ3v) is 6.11. The molecule has 0 unspecified atom stereocenters. The number of nitrogens with zero attached hydrogens (tertiary/aromatic N) is 4. The maximum absolute atomic E-state index is 13.0. The van der Waals surface area contributed by atoms with Crippen LogP contribution in [0.2, 0.25) is 0 Å². The highest BCUT2D eigenvalue weighted by atomic mass is 16.5. The van der Waals surface area contributed by atoms with Gasteiger partial charge in [-0.3, -0.25) is 4.79 Å².